The minimum absolute atomic E-state index is 0.0933. The lowest BCUT2D eigenvalue weighted by atomic mass is 10.1. The maximum atomic E-state index is 11.8. The van der Waals surface area contributed by atoms with Gasteiger partial charge >= 0.3 is 0 Å². The number of thiazole rings is 1. The molecule has 0 spiro atoms. The van der Waals surface area contributed by atoms with Crippen molar-refractivity contribution >= 4 is 22.1 Å². The van der Waals surface area contributed by atoms with Crippen LogP contribution in [0.1, 0.15) is 19.0 Å². The van der Waals surface area contributed by atoms with E-state index in [-0.39, 0.29) is 11.9 Å². The molecule has 86 valence electrons. The molecule has 0 amide bonds. The molecular formula is C11H14N2O2S. The highest BCUT2D eigenvalue weighted by atomic mass is 32.1. The van der Waals surface area contributed by atoms with Crippen molar-refractivity contribution in [3.63, 3.8) is 0 Å². The van der Waals surface area contributed by atoms with E-state index < -0.39 is 0 Å². The molecular weight excluding hydrogens is 224 g/mol. The van der Waals surface area contributed by atoms with Crippen LogP contribution in [-0.2, 0) is 16.0 Å². The van der Waals surface area contributed by atoms with Crippen LogP contribution < -0.4 is 0 Å². The lowest BCUT2D eigenvalue weighted by molar-refractivity contribution is -0.128. The van der Waals surface area contributed by atoms with Crippen LogP contribution in [-0.4, -0.2) is 28.4 Å². The van der Waals surface area contributed by atoms with Crippen LogP contribution in [0.4, 0.5) is 0 Å². The van der Waals surface area contributed by atoms with E-state index in [1.165, 1.54) is 0 Å². The van der Waals surface area contributed by atoms with Crippen molar-refractivity contribution in [3.05, 3.63) is 23.5 Å². The molecule has 0 aliphatic heterocycles. The molecule has 2 heterocycles. The second-order valence-electron chi connectivity index (χ2n) is 3.60. The summed E-state index contributed by atoms with van der Waals surface area (Å²) in [6.45, 7) is 1.94. The number of hydrogen-bond donors (Lipinski definition) is 0. The SMILES string of the molecule is CCC(OC)C(=O)Cc1cn2ccsc2n1. The van der Waals surface area contributed by atoms with Crippen LogP contribution in [0, 0.1) is 0 Å². The summed E-state index contributed by atoms with van der Waals surface area (Å²) in [5.74, 6) is 0.0933. The predicted octanol–water partition coefficient (Wildman–Crippen LogP) is 1.93. The summed E-state index contributed by atoms with van der Waals surface area (Å²) in [5.41, 5.74) is 0.812. The lowest BCUT2D eigenvalue weighted by Gasteiger charge is -2.09. The number of fused-ring (bicyclic) bond motifs is 1. The number of ketones is 1. The van der Waals surface area contributed by atoms with Crippen LogP contribution in [0.25, 0.3) is 4.96 Å². The van der Waals surface area contributed by atoms with Gasteiger partial charge in [-0.25, -0.2) is 4.98 Å². The average molecular weight is 238 g/mol. The maximum absolute atomic E-state index is 11.8. The summed E-state index contributed by atoms with van der Waals surface area (Å²) in [6, 6.07) is 0. The summed E-state index contributed by atoms with van der Waals surface area (Å²) in [5, 5.41) is 1.97. The zero-order valence-corrected chi connectivity index (χ0v) is 10.2. The minimum Gasteiger partial charge on any atom is -0.374 e. The Balaban J connectivity index is 2.09. The summed E-state index contributed by atoms with van der Waals surface area (Å²) < 4.78 is 7.04. The first-order valence-electron chi connectivity index (χ1n) is 5.21. The fraction of sp³-hybridized carbons (Fsp3) is 0.455. The van der Waals surface area contributed by atoms with Gasteiger partial charge in [0.15, 0.2) is 10.7 Å². The summed E-state index contributed by atoms with van der Waals surface area (Å²) >= 11 is 1.56. The van der Waals surface area contributed by atoms with E-state index in [0.717, 1.165) is 10.7 Å². The van der Waals surface area contributed by atoms with E-state index in [1.54, 1.807) is 18.4 Å². The molecule has 1 atom stereocenters. The molecule has 0 aliphatic carbocycles. The van der Waals surface area contributed by atoms with E-state index in [1.807, 2.05) is 29.1 Å². The van der Waals surface area contributed by atoms with Gasteiger partial charge in [-0.1, -0.05) is 6.92 Å². The molecule has 2 aromatic rings. The van der Waals surface area contributed by atoms with E-state index in [4.69, 9.17) is 4.74 Å². The van der Waals surface area contributed by atoms with Crippen LogP contribution in [0.15, 0.2) is 17.8 Å². The van der Waals surface area contributed by atoms with Gasteiger partial charge in [0.2, 0.25) is 0 Å². The number of methoxy groups -OCH3 is 1. The second-order valence-corrected chi connectivity index (χ2v) is 4.47. The lowest BCUT2D eigenvalue weighted by Crippen LogP contribution is -2.23. The molecule has 0 N–H and O–H groups in total. The van der Waals surface area contributed by atoms with Crippen LogP contribution in [0.3, 0.4) is 0 Å². The van der Waals surface area contributed by atoms with Crippen molar-refractivity contribution in [2.75, 3.05) is 7.11 Å². The Hall–Kier alpha value is -1.20. The predicted molar refractivity (Wildman–Crippen MR) is 62.9 cm³/mol. The van der Waals surface area contributed by atoms with Gasteiger partial charge in [0.1, 0.15) is 6.10 Å². The second kappa shape index (κ2) is 4.76. The number of carbonyl (C=O) groups is 1. The van der Waals surface area contributed by atoms with E-state index >= 15 is 0 Å². The highest BCUT2D eigenvalue weighted by Crippen LogP contribution is 2.13. The zero-order valence-electron chi connectivity index (χ0n) is 9.34. The van der Waals surface area contributed by atoms with Gasteiger partial charge in [-0.3, -0.25) is 9.20 Å². The first-order valence-corrected chi connectivity index (χ1v) is 6.09. The Morgan fingerprint density at radius 3 is 3.12 bits per heavy atom. The van der Waals surface area contributed by atoms with Crippen molar-refractivity contribution in [3.8, 4) is 0 Å². The zero-order chi connectivity index (χ0) is 11.5. The molecule has 2 aromatic heterocycles. The highest BCUT2D eigenvalue weighted by molar-refractivity contribution is 7.15. The minimum atomic E-state index is -0.306. The van der Waals surface area contributed by atoms with Crippen molar-refractivity contribution in [1.82, 2.24) is 9.38 Å². The van der Waals surface area contributed by atoms with E-state index in [9.17, 15) is 4.79 Å². The number of hydrogen-bond acceptors (Lipinski definition) is 4. The number of aromatic nitrogens is 2. The summed E-state index contributed by atoms with van der Waals surface area (Å²) in [6.07, 6.45) is 4.58. The molecule has 0 fully saturated rings. The Kier molecular flexibility index (Phi) is 3.36. The smallest absolute Gasteiger partial charge is 0.193 e. The number of carbonyl (C=O) groups excluding carboxylic acids is 1. The Labute approximate surface area is 97.9 Å². The van der Waals surface area contributed by atoms with Gasteiger partial charge in [-0.05, 0) is 6.42 Å². The largest absolute Gasteiger partial charge is 0.374 e. The van der Waals surface area contributed by atoms with Gasteiger partial charge < -0.3 is 4.74 Å². The summed E-state index contributed by atoms with van der Waals surface area (Å²) in [4.78, 5) is 17.1. The van der Waals surface area contributed by atoms with Crippen molar-refractivity contribution in [2.24, 2.45) is 0 Å². The third-order valence-corrected chi connectivity index (χ3v) is 3.28. The van der Waals surface area contributed by atoms with Gasteiger partial charge in [0, 0.05) is 24.9 Å². The van der Waals surface area contributed by atoms with Crippen LogP contribution in [0.2, 0.25) is 0 Å². The monoisotopic (exact) mass is 238 g/mol. The molecule has 0 bridgehead atoms. The maximum Gasteiger partial charge on any atom is 0.193 e. The van der Waals surface area contributed by atoms with Crippen molar-refractivity contribution < 1.29 is 9.53 Å². The van der Waals surface area contributed by atoms with Gasteiger partial charge in [-0.15, -0.1) is 11.3 Å². The highest BCUT2D eigenvalue weighted by Gasteiger charge is 2.17. The molecule has 0 aliphatic rings. The summed E-state index contributed by atoms with van der Waals surface area (Å²) in [7, 11) is 1.57. The topological polar surface area (TPSA) is 43.6 Å². The molecule has 16 heavy (non-hydrogen) atoms. The van der Waals surface area contributed by atoms with Gasteiger partial charge in [0.25, 0.3) is 0 Å². The molecule has 2 rings (SSSR count). The van der Waals surface area contributed by atoms with E-state index in [2.05, 4.69) is 4.98 Å². The third-order valence-electron chi connectivity index (χ3n) is 2.51. The average Bonchev–Trinajstić information content (AvgIpc) is 2.79. The molecule has 1 unspecified atom stereocenters. The van der Waals surface area contributed by atoms with Gasteiger partial charge in [0.05, 0.1) is 12.1 Å². The van der Waals surface area contributed by atoms with Crippen molar-refractivity contribution in [2.45, 2.75) is 25.9 Å². The number of imidazole rings is 1. The first-order chi connectivity index (χ1) is 7.74. The molecule has 0 radical (unpaired) electrons. The quantitative estimate of drug-likeness (QED) is 0.799. The number of ether oxygens (including phenoxy) is 1. The van der Waals surface area contributed by atoms with E-state index in [0.29, 0.717) is 12.8 Å². The third kappa shape index (κ3) is 2.15. The molecule has 0 saturated carbocycles. The van der Waals surface area contributed by atoms with Crippen LogP contribution >= 0.6 is 11.3 Å². The molecule has 5 heteroatoms. The van der Waals surface area contributed by atoms with Crippen LogP contribution in [0.5, 0.6) is 0 Å². The number of rotatable bonds is 5. The van der Waals surface area contributed by atoms with Crippen molar-refractivity contribution in [1.29, 1.82) is 0 Å². The fourth-order valence-electron chi connectivity index (χ4n) is 1.68. The standard InChI is InChI=1S/C11H14N2O2S/c1-3-10(15-2)9(14)6-8-7-13-4-5-16-11(13)12-8/h4-5,7,10H,3,6H2,1-2H3. The Bertz CT molecular complexity index is 456. The van der Waals surface area contributed by atoms with Gasteiger partial charge in [-0.2, -0.15) is 0 Å². The number of nitrogens with zero attached hydrogens (tertiary/aromatic N) is 2. The molecule has 0 saturated heterocycles. The Morgan fingerprint density at radius 2 is 2.50 bits per heavy atom. The molecule has 4 nitrogen and oxygen atoms in total. The normalized spacial score (nSPS) is 13.1. The Morgan fingerprint density at radius 1 is 1.69 bits per heavy atom. The molecule has 0 aromatic carbocycles. The first kappa shape index (κ1) is 11.3. The number of Topliss-reactive ketones (excluding diaryl/α,β-unsaturated/α-hetero) is 1. The fourth-order valence-corrected chi connectivity index (χ4v) is 2.40.